The lowest BCUT2D eigenvalue weighted by atomic mass is 10.0. The van der Waals surface area contributed by atoms with Crippen molar-refractivity contribution in [1.29, 1.82) is 0 Å². The SMILES string of the molecule is COC1(CNS(=O)(=O)c2cc(F)cc(F)c2)CCSC1. The van der Waals surface area contributed by atoms with Gasteiger partial charge in [0.1, 0.15) is 11.6 Å². The van der Waals surface area contributed by atoms with Gasteiger partial charge in [-0.05, 0) is 24.3 Å². The van der Waals surface area contributed by atoms with Crippen molar-refractivity contribution in [2.45, 2.75) is 16.9 Å². The average Bonchev–Trinajstić information content (AvgIpc) is 2.85. The van der Waals surface area contributed by atoms with E-state index in [9.17, 15) is 17.2 Å². The highest BCUT2D eigenvalue weighted by Crippen LogP contribution is 2.30. The van der Waals surface area contributed by atoms with Crippen LogP contribution in [0.3, 0.4) is 0 Å². The quantitative estimate of drug-likeness (QED) is 0.897. The number of rotatable bonds is 5. The minimum Gasteiger partial charge on any atom is -0.376 e. The molecule has 8 heteroatoms. The molecule has 1 saturated heterocycles. The van der Waals surface area contributed by atoms with Crippen LogP contribution in [-0.2, 0) is 14.8 Å². The number of methoxy groups -OCH3 is 1. The fraction of sp³-hybridized carbons (Fsp3) is 0.500. The first-order chi connectivity index (χ1) is 9.37. The summed E-state index contributed by atoms with van der Waals surface area (Å²) in [5, 5.41) is 0. The molecule has 1 aliphatic heterocycles. The fourth-order valence-corrected chi connectivity index (χ4v) is 4.51. The maximum atomic E-state index is 13.1. The largest absolute Gasteiger partial charge is 0.376 e. The molecule has 1 fully saturated rings. The van der Waals surface area contributed by atoms with E-state index in [-0.39, 0.29) is 6.54 Å². The van der Waals surface area contributed by atoms with E-state index in [0.717, 1.165) is 24.3 Å². The van der Waals surface area contributed by atoms with Gasteiger partial charge in [-0.25, -0.2) is 21.9 Å². The van der Waals surface area contributed by atoms with Gasteiger partial charge >= 0.3 is 0 Å². The third kappa shape index (κ3) is 3.49. The first-order valence-corrected chi connectivity index (χ1v) is 8.59. The van der Waals surface area contributed by atoms with Gasteiger partial charge in [-0.1, -0.05) is 0 Å². The van der Waals surface area contributed by atoms with Crippen LogP contribution in [0.2, 0.25) is 0 Å². The molecule has 0 aliphatic carbocycles. The Morgan fingerprint density at radius 1 is 1.35 bits per heavy atom. The van der Waals surface area contributed by atoms with Crippen molar-refractivity contribution in [3.05, 3.63) is 29.8 Å². The van der Waals surface area contributed by atoms with Gasteiger partial charge in [0.2, 0.25) is 10.0 Å². The molecule has 0 amide bonds. The van der Waals surface area contributed by atoms with Crippen molar-refractivity contribution in [1.82, 2.24) is 4.72 Å². The van der Waals surface area contributed by atoms with Crippen LogP contribution in [0.5, 0.6) is 0 Å². The first-order valence-electron chi connectivity index (χ1n) is 5.96. The van der Waals surface area contributed by atoms with Crippen LogP contribution in [-0.4, -0.2) is 39.2 Å². The smallest absolute Gasteiger partial charge is 0.240 e. The highest BCUT2D eigenvalue weighted by molar-refractivity contribution is 7.99. The average molecular weight is 323 g/mol. The predicted octanol–water partition coefficient (Wildman–Crippen LogP) is 1.77. The Morgan fingerprint density at radius 2 is 2.00 bits per heavy atom. The highest BCUT2D eigenvalue weighted by atomic mass is 32.2. The van der Waals surface area contributed by atoms with Gasteiger partial charge in [-0.15, -0.1) is 0 Å². The van der Waals surface area contributed by atoms with Crippen LogP contribution in [0.15, 0.2) is 23.1 Å². The molecule has 2 rings (SSSR count). The van der Waals surface area contributed by atoms with Crippen molar-refractivity contribution in [3.63, 3.8) is 0 Å². The Hall–Kier alpha value is -0.700. The number of benzene rings is 1. The van der Waals surface area contributed by atoms with Gasteiger partial charge in [0.25, 0.3) is 0 Å². The Bertz CT molecular complexity index is 566. The highest BCUT2D eigenvalue weighted by Gasteiger charge is 2.35. The number of thioether (sulfide) groups is 1. The molecular formula is C12H15F2NO3S2. The van der Waals surface area contributed by atoms with Gasteiger partial charge in [0.05, 0.1) is 10.5 Å². The Morgan fingerprint density at radius 3 is 2.50 bits per heavy atom. The lowest BCUT2D eigenvalue weighted by molar-refractivity contribution is 0.0179. The lowest BCUT2D eigenvalue weighted by Gasteiger charge is -2.26. The molecule has 1 aliphatic rings. The van der Waals surface area contributed by atoms with Crippen LogP contribution < -0.4 is 4.72 Å². The predicted molar refractivity (Wildman–Crippen MR) is 73.2 cm³/mol. The molecule has 1 heterocycles. The van der Waals surface area contributed by atoms with Crippen molar-refractivity contribution in [2.24, 2.45) is 0 Å². The molecule has 0 spiro atoms. The zero-order chi connectivity index (χ0) is 14.8. The summed E-state index contributed by atoms with van der Waals surface area (Å²) in [5.74, 6) is -0.278. The van der Waals surface area contributed by atoms with Crippen LogP contribution in [0.4, 0.5) is 8.78 Å². The second kappa shape index (κ2) is 5.97. The third-order valence-electron chi connectivity index (χ3n) is 3.23. The standard InChI is InChI=1S/C12H15F2NO3S2/c1-18-12(2-3-19-8-12)7-15-20(16,17)11-5-9(13)4-10(14)6-11/h4-6,15H,2-3,7-8H2,1H3. The van der Waals surface area contributed by atoms with E-state index in [1.807, 2.05) is 0 Å². The minimum absolute atomic E-state index is 0.0803. The van der Waals surface area contributed by atoms with Crippen LogP contribution >= 0.6 is 11.8 Å². The summed E-state index contributed by atoms with van der Waals surface area (Å²) >= 11 is 1.68. The van der Waals surface area contributed by atoms with E-state index < -0.39 is 32.2 Å². The second-order valence-corrected chi connectivity index (χ2v) is 7.49. The summed E-state index contributed by atoms with van der Waals surface area (Å²) in [6.07, 6.45) is 0.730. The van der Waals surface area contributed by atoms with E-state index in [0.29, 0.717) is 11.8 Å². The van der Waals surface area contributed by atoms with Gasteiger partial charge in [-0.3, -0.25) is 0 Å². The summed E-state index contributed by atoms with van der Waals surface area (Å²) in [5.41, 5.74) is -0.552. The van der Waals surface area contributed by atoms with Gasteiger partial charge in [0.15, 0.2) is 0 Å². The molecule has 0 bridgehead atoms. The number of hydrogen-bond donors (Lipinski definition) is 1. The Kier molecular flexibility index (Phi) is 4.68. The molecule has 112 valence electrons. The van der Waals surface area contributed by atoms with Crippen molar-refractivity contribution in [2.75, 3.05) is 25.2 Å². The van der Waals surface area contributed by atoms with E-state index in [4.69, 9.17) is 4.74 Å². The van der Waals surface area contributed by atoms with Gasteiger partial charge in [0, 0.05) is 25.5 Å². The van der Waals surface area contributed by atoms with Crippen molar-refractivity contribution in [3.8, 4) is 0 Å². The summed E-state index contributed by atoms with van der Waals surface area (Å²) in [6.45, 7) is 0.0803. The van der Waals surface area contributed by atoms with Gasteiger partial charge < -0.3 is 4.74 Å². The summed E-state index contributed by atoms with van der Waals surface area (Å²) < 4.78 is 58.0. The number of halogens is 2. The van der Waals surface area contributed by atoms with Gasteiger partial charge in [-0.2, -0.15) is 11.8 Å². The maximum Gasteiger partial charge on any atom is 0.240 e. The lowest BCUT2D eigenvalue weighted by Crippen LogP contribution is -2.44. The van der Waals surface area contributed by atoms with E-state index >= 15 is 0 Å². The molecule has 4 nitrogen and oxygen atoms in total. The van der Waals surface area contributed by atoms with Crippen LogP contribution in [0.1, 0.15) is 6.42 Å². The zero-order valence-corrected chi connectivity index (χ0v) is 12.5. The molecule has 0 saturated carbocycles. The van der Waals surface area contributed by atoms with Crippen LogP contribution in [0.25, 0.3) is 0 Å². The molecular weight excluding hydrogens is 308 g/mol. The number of hydrogen-bond acceptors (Lipinski definition) is 4. The van der Waals surface area contributed by atoms with Crippen molar-refractivity contribution < 1.29 is 21.9 Å². The Labute approximate surface area is 120 Å². The number of nitrogens with one attached hydrogen (secondary N) is 1. The zero-order valence-electron chi connectivity index (χ0n) is 10.9. The summed E-state index contributed by atoms with van der Waals surface area (Å²) in [7, 11) is -2.43. The third-order valence-corrected chi connectivity index (χ3v) is 5.83. The Balaban J connectivity index is 2.15. The fourth-order valence-electron chi connectivity index (χ4n) is 1.95. The van der Waals surface area contributed by atoms with E-state index in [1.54, 1.807) is 11.8 Å². The number of sulfonamides is 1. The maximum absolute atomic E-state index is 13.1. The molecule has 0 radical (unpaired) electrons. The normalized spacial score (nSPS) is 23.1. The minimum atomic E-state index is -3.96. The topological polar surface area (TPSA) is 55.4 Å². The van der Waals surface area contributed by atoms with E-state index in [2.05, 4.69) is 4.72 Å². The summed E-state index contributed by atoms with van der Waals surface area (Å²) in [6, 6.07) is 2.20. The van der Waals surface area contributed by atoms with E-state index in [1.165, 1.54) is 7.11 Å². The molecule has 1 atom stereocenters. The van der Waals surface area contributed by atoms with Crippen molar-refractivity contribution >= 4 is 21.8 Å². The molecule has 1 aromatic rings. The molecule has 1 unspecified atom stereocenters. The first kappa shape index (κ1) is 15.7. The molecule has 20 heavy (non-hydrogen) atoms. The molecule has 1 N–H and O–H groups in total. The monoisotopic (exact) mass is 323 g/mol. The summed E-state index contributed by atoms with van der Waals surface area (Å²) in [4.78, 5) is -0.424. The van der Waals surface area contributed by atoms with Crippen LogP contribution in [0, 0.1) is 11.6 Å². The number of ether oxygens (including phenoxy) is 1. The second-order valence-electron chi connectivity index (χ2n) is 4.62. The molecule has 1 aromatic carbocycles. The molecule has 0 aromatic heterocycles.